The Labute approximate surface area is 168 Å². The van der Waals surface area contributed by atoms with E-state index in [1.165, 1.54) is 56.3 Å². The Balaban J connectivity index is 1.65. The Bertz CT molecular complexity index is 1030. The van der Waals surface area contributed by atoms with Crippen molar-refractivity contribution in [1.82, 2.24) is 5.32 Å². The molecule has 0 aliphatic heterocycles. The smallest absolute Gasteiger partial charge is 0.338 e. The molecule has 0 aromatic heterocycles. The molecule has 1 aliphatic rings. The van der Waals surface area contributed by atoms with Crippen molar-refractivity contribution in [2.24, 2.45) is 0 Å². The van der Waals surface area contributed by atoms with Gasteiger partial charge in [-0.25, -0.2) is 17.6 Å². The van der Waals surface area contributed by atoms with Gasteiger partial charge in [0.1, 0.15) is 5.82 Å². The van der Waals surface area contributed by atoms with E-state index in [4.69, 9.17) is 4.74 Å². The molecule has 0 saturated heterocycles. The summed E-state index contributed by atoms with van der Waals surface area (Å²) in [5.74, 6) is -1.67. The van der Waals surface area contributed by atoms with Crippen molar-refractivity contribution in [2.75, 3.05) is 4.72 Å². The van der Waals surface area contributed by atoms with Gasteiger partial charge in [-0.1, -0.05) is 6.07 Å². The van der Waals surface area contributed by atoms with Crippen LogP contribution in [0.2, 0.25) is 0 Å². The maximum atomic E-state index is 13.7. The Kier molecular flexibility index (Phi) is 5.88. The highest BCUT2D eigenvalue weighted by molar-refractivity contribution is 7.92. The highest BCUT2D eigenvalue weighted by Crippen LogP contribution is 2.22. The van der Waals surface area contributed by atoms with E-state index in [-0.39, 0.29) is 33.7 Å². The summed E-state index contributed by atoms with van der Waals surface area (Å²) in [6, 6.07) is 9.50. The lowest BCUT2D eigenvalue weighted by atomic mass is 10.2. The minimum atomic E-state index is -3.99. The Morgan fingerprint density at radius 2 is 1.79 bits per heavy atom. The van der Waals surface area contributed by atoms with Crippen LogP contribution < -0.4 is 10.0 Å². The van der Waals surface area contributed by atoms with Crippen molar-refractivity contribution in [2.45, 2.75) is 43.7 Å². The average Bonchev–Trinajstić information content (AvgIpc) is 3.48. The quantitative estimate of drug-likeness (QED) is 0.671. The topological polar surface area (TPSA) is 102 Å². The molecule has 0 bridgehead atoms. The standard InChI is InChI=1S/C20H21FN2O5S/c1-12-17(21)4-3-5-18(12)29(26,27)23-16-8-6-14(7-9-16)20(25)28-13(2)19(24)22-15-10-11-15/h3-9,13,15,23H,10-11H2,1-2H3,(H,22,24)/t13-/m0/s1. The molecule has 0 heterocycles. The predicted molar refractivity (Wildman–Crippen MR) is 104 cm³/mol. The van der Waals surface area contributed by atoms with Crippen molar-refractivity contribution in [3.8, 4) is 0 Å². The number of rotatable bonds is 7. The molecule has 1 fully saturated rings. The van der Waals surface area contributed by atoms with Gasteiger partial charge in [-0.15, -0.1) is 0 Å². The second-order valence-corrected chi connectivity index (χ2v) is 8.53. The highest BCUT2D eigenvalue weighted by Gasteiger charge is 2.27. The number of benzene rings is 2. The summed E-state index contributed by atoms with van der Waals surface area (Å²) >= 11 is 0. The molecule has 0 unspecified atom stereocenters. The van der Waals surface area contributed by atoms with Gasteiger partial charge < -0.3 is 10.1 Å². The van der Waals surface area contributed by atoms with E-state index in [0.717, 1.165) is 12.8 Å². The second-order valence-electron chi connectivity index (χ2n) is 6.88. The lowest BCUT2D eigenvalue weighted by Crippen LogP contribution is -2.37. The van der Waals surface area contributed by atoms with Gasteiger partial charge in [-0.2, -0.15) is 0 Å². The molecule has 1 aliphatic carbocycles. The van der Waals surface area contributed by atoms with Gasteiger partial charge in [-0.05, 0) is 63.1 Å². The molecule has 1 amide bonds. The van der Waals surface area contributed by atoms with E-state index in [9.17, 15) is 22.4 Å². The SMILES string of the molecule is Cc1c(F)cccc1S(=O)(=O)Nc1ccc(C(=O)O[C@@H](C)C(=O)NC2CC2)cc1. The first-order valence-electron chi connectivity index (χ1n) is 9.07. The lowest BCUT2D eigenvalue weighted by molar-refractivity contribution is -0.129. The number of carbonyl (C=O) groups is 2. The third kappa shape index (κ3) is 5.11. The zero-order chi connectivity index (χ0) is 21.2. The molecule has 7 nitrogen and oxygen atoms in total. The van der Waals surface area contributed by atoms with Gasteiger partial charge in [-0.3, -0.25) is 9.52 Å². The van der Waals surface area contributed by atoms with Crippen molar-refractivity contribution >= 4 is 27.6 Å². The number of anilines is 1. The molecule has 1 saturated carbocycles. The van der Waals surface area contributed by atoms with Gasteiger partial charge in [0, 0.05) is 17.3 Å². The van der Waals surface area contributed by atoms with Crippen LogP contribution in [0.15, 0.2) is 47.4 Å². The van der Waals surface area contributed by atoms with E-state index in [2.05, 4.69) is 10.0 Å². The zero-order valence-electron chi connectivity index (χ0n) is 15.9. The van der Waals surface area contributed by atoms with Crippen molar-refractivity contribution < 1.29 is 27.1 Å². The van der Waals surface area contributed by atoms with E-state index < -0.39 is 27.9 Å². The summed E-state index contributed by atoms with van der Waals surface area (Å²) in [7, 11) is -3.99. The molecule has 154 valence electrons. The van der Waals surface area contributed by atoms with Crippen LogP contribution in [-0.4, -0.2) is 32.4 Å². The zero-order valence-corrected chi connectivity index (χ0v) is 16.8. The normalized spacial score (nSPS) is 14.7. The van der Waals surface area contributed by atoms with Gasteiger partial charge in [0.15, 0.2) is 6.10 Å². The second kappa shape index (κ2) is 8.20. The minimum Gasteiger partial charge on any atom is -0.449 e. The molecular weight excluding hydrogens is 399 g/mol. The number of hydrogen-bond donors (Lipinski definition) is 2. The molecule has 0 spiro atoms. The molecule has 9 heteroatoms. The summed E-state index contributed by atoms with van der Waals surface area (Å²) in [5.41, 5.74) is 0.379. The van der Waals surface area contributed by atoms with Crippen LogP contribution >= 0.6 is 0 Å². The number of amides is 1. The molecule has 0 radical (unpaired) electrons. The summed E-state index contributed by atoms with van der Waals surface area (Å²) in [4.78, 5) is 23.9. The van der Waals surface area contributed by atoms with E-state index in [1.54, 1.807) is 0 Å². The molecule has 29 heavy (non-hydrogen) atoms. The summed E-state index contributed by atoms with van der Waals surface area (Å²) in [5, 5.41) is 2.75. The van der Waals surface area contributed by atoms with Crippen molar-refractivity contribution in [1.29, 1.82) is 0 Å². The number of carbonyl (C=O) groups excluding carboxylic acids is 2. The minimum absolute atomic E-state index is 0.0126. The summed E-state index contributed by atoms with van der Waals surface area (Å²) in [6.45, 7) is 2.86. The fraction of sp³-hybridized carbons (Fsp3) is 0.300. The first-order valence-corrected chi connectivity index (χ1v) is 10.5. The highest BCUT2D eigenvalue weighted by atomic mass is 32.2. The largest absolute Gasteiger partial charge is 0.449 e. The van der Waals surface area contributed by atoms with Crippen LogP contribution in [0.25, 0.3) is 0 Å². The Morgan fingerprint density at radius 1 is 1.14 bits per heavy atom. The van der Waals surface area contributed by atoms with Crippen LogP contribution in [0.5, 0.6) is 0 Å². The van der Waals surface area contributed by atoms with Gasteiger partial charge >= 0.3 is 5.97 Å². The van der Waals surface area contributed by atoms with Crippen molar-refractivity contribution in [3.63, 3.8) is 0 Å². The summed E-state index contributed by atoms with van der Waals surface area (Å²) in [6.07, 6.45) is 0.926. The Hall–Kier alpha value is -2.94. The van der Waals surface area contributed by atoms with Crippen LogP contribution in [0.4, 0.5) is 10.1 Å². The number of sulfonamides is 1. The first kappa shape index (κ1) is 20.8. The average molecular weight is 420 g/mol. The van der Waals surface area contributed by atoms with Crippen LogP contribution in [-0.2, 0) is 19.6 Å². The van der Waals surface area contributed by atoms with Crippen LogP contribution in [0, 0.1) is 12.7 Å². The maximum absolute atomic E-state index is 13.7. The number of halogens is 1. The van der Waals surface area contributed by atoms with Gasteiger partial charge in [0.25, 0.3) is 15.9 Å². The maximum Gasteiger partial charge on any atom is 0.338 e. The third-order valence-corrected chi connectivity index (χ3v) is 5.98. The molecule has 3 rings (SSSR count). The molecule has 1 atom stereocenters. The van der Waals surface area contributed by atoms with E-state index in [0.29, 0.717) is 0 Å². The van der Waals surface area contributed by atoms with E-state index >= 15 is 0 Å². The number of ether oxygens (including phenoxy) is 1. The Morgan fingerprint density at radius 3 is 2.41 bits per heavy atom. The molecular formula is C20H21FN2O5S. The summed E-state index contributed by atoms with van der Waals surface area (Å²) < 4.78 is 46.1. The molecule has 2 N–H and O–H groups in total. The number of hydrogen-bond acceptors (Lipinski definition) is 5. The van der Waals surface area contributed by atoms with Crippen LogP contribution in [0.3, 0.4) is 0 Å². The number of nitrogens with one attached hydrogen (secondary N) is 2. The third-order valence-electron chi connectivity index (χ3n) is 4.46. The number of esters is 1. The molecule has 2 aromatic carbocycles. The fourth-order valence-electron chi connectivity index (χ4n) is 2.59. The monoisotopic (exact) mass is 420 g/mol. The predicted octanol–water partition coefficient (Wildman–Crippen LogP) is 2.76. The first-order chi connectivity index (χ1) is 13.7. The van der Waals surface area contributed by atoms with Crippen molar-refractivity contribution in [3.05, 3.63) is 59.4 Å². The van der Waals surface area contributed by atoms with E-state index in [1.807, 2.05) is 0 Å². The fourth-order valence-corrected chi connectivity index (χ4v) is 3.91. The van der Waals surface area contributed by atoms with Crippen LogP contribution in [0.1, 0.15) is 35.7 Å². The lowest BCUT2D eigenvalue weighted by Gasteiger charge is -2.14. The van der Waals surface area contributed by atoms with Gasteiger partial charge in [0.2, 0.25) is 0 Å². The molecule has 2 aromatic rings. The van der Waals surface area contributed by atoms with Gasteiger partial charge in [0.05, 0.1) is 10.5 Å².